The monoisotopic (exact) mass is 335 g/mol. The van der Waals surface area contributed by atoms with E-state index in [1.54, 1.807) is 11.8 Å². The van der Waals surface area contributed by atoms with Crippen LogP contribution in [0.4, 0.5) is 0 Å². The van der Waals surface area contributed by atoms with Crippen molar-refractivity contribution in [3.8, 4) is 0 Å². The molecule has 23 heavy (non-hydrogen) atoms. The average molecular weight is 335 g/mol. The SMILES string of the molecule is CCCSc1ncc(CNCc2noc([C@@H]3CCCO3)n2)cn1. The summed E-state index contributed by atoms with van der Waals surface area (Å²) in [6, 6.07) is 0. The molecule has 0 amide bonds. The van der Waals surface area contributed by atoms with E-state index in [0.717, 1.165) is 42.3 Å². The van der Waals surface area contributed by atoms with Gasteiger partial charge in [-0.05, 0) is 19.3 Å². The van der Waals surface area contributed by atoms with Gasteiger partial charge < -0.3 is 14.6 Å². The van der Waals surface area contributed by atoms with Gasteiger partial charge in [0.25, 0.3) is 5.89 Å². The molecule has 1 aliphatic heterocycles. The van der Waals surface area contributed by atoms with Crippen LogP contribution < -0.4 is 5.32 Å². The van der Waals surface area contributed by atoms with E-state index in [1.165, 1.54) is 0 Å². The number of hydrogen-bond donors (Lipinski definition) is 1. The lowest BCUT2D eigenvalue weighted by Crippen LogP contribution is -2.14. The van der Waals surface area contributed by atoms with Crippen molar-refractivity contribution in [3.05, 3.63) is 29.7 Å². The van der Waals surface area contributed by atoms with Crippen molar-refractivity contribution in [2.75, 3.05) is 12.4 Å². The van der Waals surface area contributed by atoms with Gasteiger partial charge in [0.15, 0.2) is 11.0 Å². The smallest absolute Gasteiger partial charge is 0.255 e. The van der Waals surface area contributed by atoms with E-state index in [4.69, 9.17) is 9.26 Å². The van der Waals surface area contributed by atoms with Gasteiger partial charge in [-0.15, -0.1) is 0 Å². The number of hydrogen-bond acceptors (Lipinski definition) is 8. The summed E-state index contributed by atoms with van der Waals surface area (Å²) in [7, 11) is 0. The number of nitrogens with one attached hydrogen (secondary N) is 1. The Labute approximate surface area is 139 Å². The molecule has 124 valence electrons. The average Bonchev–Trinajstić information content (AvgIpc) is 3.25. The minimum absolute atomic E-state index is 0.0298. The van der Waals surface area contributed by atoms with Crippen LogP contribution in [-0.2, 0) is 17.8 Å². The summed E-state index contributed by atoms with van der Waals surface area (Å²) < 4.78 is 10.8. The zero-order valence-electron chi connectivity index (χ0n) is 13.2. The van der Waals surface area contributed by atoms with Crippen molar-refractivity contribution in [2.24, 2.45) is 0 Å². The Morgan fingerprint density at radius 2 is 2.17 bits per heavy atom. The number of rotatable bonds is 8. The zero-order valence-corrected chi connectivity index (χ0v) is 14.0. The van der Waals surface area contributed by atoms with E-state index in [9.17, 15) is 0 Å². The molecule has 2 aromatic heterocycles. The maximum absolute atomic E-state index is 5.53. The van der Waals surface area contributed by atoms with Gasteiger partial charge in [-0.1, -0.05) is 23.8 Å². The topological polar surface area (TPSA) is 86.0 Å². The molecule has 3 heterocycles. The molecule has 1 saturated heterocycles. The molecular formula is C15H21N5O2S. The molecule has 2 aromatic rings. The van der Waals surface area contributed by atoms with Crippen LogP contribution in [0, 0.1) is 0 Å². The quantitative estimate of drug-likeness (QED) is 0.582. The molecule has 7 nitrogen and oxygen atoms in total. The first-order valence-electron chi connectivity index (χ1n) is 7.93. The molecule has 1 atom stereocenters. The zero-order chi connectivity index (χ0) is 15.9. The lowest BCUT2D eigenvalue weighted by atomic mass is 10.2. The highest BCUT2D eigenvalue weighted by molar-refractivity contribution is 7.99. The standard InChI is InChI=1S/C15H21N5O2S/c1-2-6-23-15-17-8-11(9-18-15)7-16-10-13-19-14(22-20-13)12-4-3-5-21-12/h8-9,12,16H,2-7,10H2,1H3/t12-/m0/s1. The third kappa shape index (κ3) is 4.73. The van der Waals surface area contributed by atoms with Gasteiger partial charge in [-0.3, -0.25) is 0 Å². The van der Waals surface area contributed by atoms with Crippen molar-refractivity contribution < 1.29 is 9.26 Å². The van der Waals surface area contributed by atoms with Crippen LogP contribution in [0.2, 0.25) is 0 Å². The first-order chi connectivity index (χ1) is 11.3. The van der Waals surface area contributed by atoms with Gasteiger partial charge in [-0.25, -0.2) is 9.97 Å². The number of aromatic nitrogens is 4. The van der Waals surface area contributed by atoms with E-state index < -0.39 is 0 Å². The molecule has 0 aliphatic carbocycles. The molecule has 8 heteroatoms. The Balaban J connectivity index is 1.44. The molecular weight excluding hydrogens is 314 g/mol. The summed E-state index contributed by atoms with van der Waals surface area (Å²) in [4.78, 5) is 13.1. The van der Waals surface area contributed by atoms with Crippen LogP contribution >= 0.6 is 11.8 Å². The number of thioether (sulfide) groups is 1. The Morgan fingerprint density at radius 3 is 2.91 bits per heavy atom. The van der Waals surface area contributed by atoms with Crippen molar-refractivity contribution >= 4 is 11.8 Å². The van der Waals surface area contributed by atoms with Gasteiger partial charge in [0.05, 0.1) is 6.54 Å². The molecule has 0 spiro atoms. The Bertz CT molecular complexity index is 598. The lowest BCUT2D eigenvalue weighted by Gasteiger charge is -2.03. The molecule has 0 aromatic carbocycles. The van der Waals surface area contributed by atoms with Crippen LogP contribution in [0.5, 0.6) is 0 Å². The van der Waals surface area contributed by atoms with Gasteiger partial charge in [-0.2, -0.15) is 4.98 Å². The fourth-order valence-corrected chi connectivity index (χ4v) is 2.90. The molecule has 1 fully saturated rings. The van der Waals surface area contributed by atoms with Crippen LogP contribution in [0.3, 0.4) is 0 Å². The minimum atomic E-state index is -0.0298. The van der Waals surface area contributed by atoms with Crippen molar-refractivity contribution in [1.29, 1.82) is 0 Å². The normalized spacial score (nSPS) is 17.7. The summed E-state index contributed by atoms with van der Waals surface area (Å²) in [6.07, 6.45) is 6.80. The molecule has 0 bridgehead atoms. The Morgan fingerprint density at radius 1 is 1.30 bits per heavy atom. The maximum Gasteiger partial charge on any atom is 0.255 e. The predicted octanol–water partition coefficient (Wildman–Crippen LogP) is 2.50. The van der Waals surface area contributed by atoms with Gasteiger partial charge in [0.2, 0.25) is 0 Å². The van der Waals surface area contributed by atoms with E-state index in [1.807, 2.05) is 12.4 Å². The highest BCUT2D eigenvalue weighted by Crippen LogP contribution is 2.26. The first kappa shape index (κ1) is 16.4. The number of nitrogens with zero attached hydrogens (tertiary/aromatic N) is 4. The molecule has 1 N–H and O–H groups in total. The van der Waals surface area contributed by atoms with Crippen molar-refractivity contribution in [3.63, 3.8) is 0 Å². The predicted molar refractivity (Wildman–Crippen MR) is 85.8 cm³/mol. The van der Waals surface area contributed by atoms with Gasteiger partial charge >= 0.3 is 0 Å². The largest absolute Gasteiger partial charge is 0.368 e. The van der Waals surface area contributed by atoms with Gasteiger partial charge in [0, 0.05) is 36.9 Å². The molecule has 0 radical (unpaired) electrons. The van der Waals surface area contributed by atoms with Crippen LogP contribution in [0.25, 0.3) is 0 Å². The van der Waals surface area contributed by atoms with E-state index >= 15 is 0 Å². The summed E-state index contributed by atoms with van der Waals surface area (Å²) in [6.45, 7) is 4.13. The van der Waals surface area contributed by atoms with E-state index in [2.05, 4.69) is 32.3 Å². The highest BCUT2D eigenvalue weighted by Gasteiger charge is 2.23. The second kappa shape index (κ2) is 8.37. The molecule has 3 rings (SSSR count). The summed E-state index contributed by atoms with van der Waals surface area (Å²) in [5.41, 5.74) is 1.04. The van der Waals surface area contributed by atoms with E-state index in [-0.39, 0.29) is 6.10 Å². The highest BCUT2D eigenvalue weighted by atomic mass is 32.2. The minimum Gasteiger partial charge on any atom is -0.368 e. The van der Waals surface area contributed by atoms with Crippen LogP contribution in [0.15, 0.2) is 22.1 Å². The molecule has 0 saturated carbocycles. The van der Waals surface area contributed by atoms with Gasteiger partial charge in [0.1, 0.15) is 6.10 Å². The number of ether oxygens (including phenoxy) is 1. The maximum atomic E-state index is 5.53. The Kier molecular flexibility index (Phi) is 5.95. The fraction of sp³-hybridized carbons (Fsp3) is 0.600. The van der Waals surface area contributed by atoms with E-state index in [0.29, 0.717) is 24.8 Å². The summed E-state index contributed by atoms with van der Waals surface area (Å²) in [5, 5.41) is 8.08. The second-order valence-corrected chi connectivity index (χ2v) is 6.44. The van der Waals surface area contributed by atoms with Crippen LogP contribution in [-0.4, -0.2) is 32.5 Å². The second-order valence-electron chi connectivity index (χ2n) is 5.38. The van der Waals surface area contributed by atoms with Crippen LogP contribution in [0.1, 0.15) is 49.6 Å². The third-order valence-electron chi connectivity index (χ3n) is 3.42. The molecule has 1 aliphatic rings. The fourth-order valence-electron chi connectivity index (χ4n) is 2.26. The third-order valence-corrected chi connectivity index (χ3v) is 4.50. The molecule has 0 unspecified atom stereocenters. The lowest BCUT2D eigenvalue weighted by molar-refractivity contribution is 0.0835. The van der Waals surface area contributed by atoms with Crippen molar-refractivity contribution in [1.82, 2.24) is 25.4 Å². The first-order valence-corrected chi connectivity index (χ1v) is 8.92. The summed E-state index contributed by atoms with van der Waals surface area (Å²) in [5.74, 6) is 2.27. The summed E-state index contributed by atoms with van der Waals surface area (Å²) >= 11 is 1.68. The van der Waals surface area contributed by atoms with Crippen molar-refractivity contribution in [2.45, 2.75) is 50.5 Å². The Hall–Kier alpha value is -1.51.